The molecular weight excluding hydrogens is 471 g/mol. The molecule has 0 bridgehead atoms. The number of ether oxygens (including phenoxy) is 1. The Balaban J connectivity index is 1.53. The van der Waals surface area contributed by atoms with Crippen LogP contribution >= 0.6 is 0 Å². The predicted octanol–water partition coefficient (Wildman–Crippen LogP) is 10.2. The van der Waals surface area contributed by atoms with Crippen molar-refractivity contribution in [3.63, 3.8) is 0 Å². The van der Waals surface area contributed by atoms with Crippen LogP contribution in [0.4, 0.5) is 22.0 Å². The first-order valence-electron chi connectivity index (χ1n) is 12.6. The van der Waals surface area contributed by atoms with E-state index >= 15 is 0 Å². The van der Waals surface area contributed by atoms with Crippen LogP contribution in [0, 0.1) is 24.5 Å². The summed E-state index contributed by atoms with van der Waals surface area (Å²) in [4.78, 5) is 0. The van der Waals surface area contributed by atoms with Crippen LogP contribution in [0.3, 0.4) is 0 Å². The molecule has 0 N–H and O–H groups in total. The fourth-order valence-corrected chi connectivity index (χ4v) is 5.16. The quantitative estimate of drug-likeness (QED) is 0.292. The van der Waals surface area contributed by atoms with Gasteiger partial charge < -0.3 is 4.74 Å². The van der Waals surface area contributed by atoms with Crippen LogP contribution < -0.4 is 4.74 Å². The number of halogens is 5. The van der Waals surface area contributed by atoms with Crippen molar-refractivity contribution in [2.24, 2.45) is 5.92 Å². The molecule has 0 radical (unpaired) electrons. The lowest BCUT2D eigenvalue weighted by atomic mass is 9.77. The topological polar surface area (TPSA) is 9.23 Å². The van der Waals surface area contributed by atoms with Gasteiger partial charge in [0.1, 0.15) is 5.75 Å². The Bertz CT molecular complexity index is 1160. The van der Waals surface area contributed by atoms with Crippen molar-refractivity contribution >= 4 is 0 Å². The second-order valence-electron chi connectivity index (χ2n) is 9.78. The number of unbranched alkanes of at least 4 members (excludes halogenated alkanes) is 1. The van der Waals surface area contributed by atoms with E-state index in [2.05, 4.69) is 19.1 Å². The van der Waals surface area contributed by atoms with Crippen LogP contribution in [-0.4, -0.2) is 0 Å². The summed E-state index contributed by atoms with van der Waals surface area (Å²) in [6.07, 6.45) is 4.19. The van der Waals surface area contributed by atoms with E-state index in [9.17, 15) is 22.0 Å². The van der Waals surface area contributed by atoms with E-state index in [0.29, 0.717) is 17.0 Å². The van der Waals surface area contributed by atoms with Gasteiger partial charge in [-0.15, -0.1) is 0 Å². The highest BCUT2D eigenvalue weighted by Gasteiger charge is 2.30. The van der Waals surface area contributed by atoms with E-state index in [1.807, 2.05) is 12.1 Å². The first-order chi connectivity index (χ1) is 17.2. The van der Waals surface area contributed by atoms with Gasteiger partial charge in [0, 0.05) is 5.56 Å². The number of rotatable bonds is 7. The summed E-state index contributed by atoms with van der Waals surface area (Å²) in [6, 6.07) is 13.0. The zero-order valence-corrected chi connectivity index (χ0v) is 20.6. The Morgan fingerprint density at radius 3 is 2.11 bits per heavy atom. The van der Waals surface area contributed by atoms with E-state index < -0.39 is 23.4 Å². The summed E-state index contributed by atoms with van der Waals surface area (Å²) in [6.45, 7) is 3.84. The molecule has 0 unspecified atom stereocenters. The average molecular weight is 503 g/mol. The maximum absolute atomic E-state index is 14.6. The van der Waals surface area contributed by atoms with E-state index in [4.69, 9.17) is 4.74 Å². The molecule has 0 spiro atoms. The zero-order chi connectivity index (χ0) is 25.9. The second-order valence-corrected chi connectivity index (χ2v) is 9.78. The van der Waals surface area contributed by atoms with Gasteiger partial charge >= 0.3 is 6.18 Å². The Labute approximate surface area is 209 Å². The lowest BCUT2D eigenvalue weighted by Crippen LogP contribution is -2.13. The van der Waals surface area contributed by atoms with Gasteiger partial charge in [-0.05, 0) is 91.5 Å². The van der Waals surface area contributed by atoms with Gasteiger partial charge in [-0.1, -0.05) is 50.5 Å². The summed E-state index contributed by atoms with van der Waals surface area (Å²) in [7, 11) is 0. The van der Waals surface area contributed by atoms with Gasteiger partial charge in [-0.25, -0.2) is 4.39 Å². The van der Waals surface area contributed by atoms with Crippen LogP contribution in [-0.2, 0) is 6.18 Å². The molecule has 0 atom stereocenters. The molecule has 0 aliphatic heterocycles. The lowest BCUT2D eigenvalue weighted by Gasteiger charge is -2.29. The largest absolute Gasteiger partial charge is 0.454 e. The first kappa shape index (κ1) is 26.2. The number of hydrogen-bond acceptors (Lipinski definition) is 1. The summed E-state index contributed by atoms with van der Waals surface area (Å²) in [5.41, 5.74) is 1.99. The van der Waals surface area contributed by atoms with Crippen LogP contribution in [0.15, 0.2) is 54.6 Å². The minimum Gasteiger partial charge on any atom is -0.454 e. The van der Waals surface area contributed by atoms with E-state index in [1.165, 1.54) is 50.5 Å². The molecule has 0 aromatic heterocycles. The van der Waals surface area contributed by atoms with Crippen molar-refractivity contribution in [1.29, 1.82) is 0 Å². The molecule has 1 saturated carbocycles. The van der Waals surface area contributed by atoms with Gasteiger partial charge in [0.25, 0.3) is 0 Å². The van der Waals surface area contributed by atoms with Crippen LogP contribution in [0.25, 0.3) is 11.1 Å². The molecular formula is C30H31F5O. The molecule has 0 saturated heterocycles. The highest BCUT2D eigenvalue weighted by Crippen LogP contribution is 2.40. The predicted molar refractivity (Wildman–Crippen MR) is 132 cm³/mol. The molecule has 36 heavy (non-hydrogen) atoms. The lowest BCUT2D eigenvalue weighted by molar-refractivity contribution is -0.137. The first-order valence-corrected chi connectivity index (χ1v) is 12.6. The number of alkyl halides is 3. The third kappa shape index (κ3) is 5.91. The normalized spacial score (nSPS) is 18.3. The van der Waals surface area contributed by atoms with Gasteiger partial charge in [0.15, 0.2) is 11.6 Å². The summed E-state index contributed by atoms with van der Waals surface area (Å²) in [5, 5.41) is 0. The number of hydrogen-bond donors (Lipinski definition) is 0. The average Bonchev–Trinajstić information content (AvgIpc) is 2.88. The molecule has 1 fully saturated rings. The number of benzene rings is 3. The van der Waals surface area contributed by atoms with Crippen LogP contribution in [0.5, 0.6) is 11.5 Å². The standard InChI is InChI=1S/C30H31F5O/c1-3-4-5-20-6-8-21(9-7-20)22-10-12-23(13-11-22)26-18-27(31)28(32)29(19(26)2)36-25-16-14-24(15-17-25)30(33,34)35/h10-18,20-21H,3-9H2,1-2H3/t20-,21-. The SMILES string of the molecule is CCCC[C@H]1CC[C@H](c2ccc(-c3cc(F)c(F)c(Oc4ccc(C(F)(F)F)cc4)c3C)cc2)CC1. The molecule has 3 aromatic rings. The Hall–Kier alpha value is -2.89. The molecule has 1 aliphatic rings. The fourth-order valence-electron chi connectivity index (χ4n) is 5.16. The summed E-state index contributed by atoms with van der Waals surface area (Å²) >= 11 is 0. The monoisotopic (exact) mass is 502 g/mol. The second kappa shape index (κ2) is 11.0. The van der Waals surface area contributed by atoms with Crippen molar-refractivity contribution < 1.29 is 26.7 Å². The van der Waals surface area contributed by atoms with Gasteiger partial charge in [0.2, 0.25) is 5.82 Å². The third-order valence-corrected chi connectivity index (χ3v) is 7.33. The Morgan fingerprint density at radius 1 is 0.889 bits per heavy atom. The van der Waals surface area contributed by atoms with Crippen molar-refractivity contribution in [3.8, 4) is 22.6 Å². The molecule has 1 aliphatic carbocycles. The zero-order valence-electron chi connectivity index (χ0n) is 20.6. The summed E-state index contributed by atoms with van der Waals surface area (Å²) in [5.74, 6) is -1.25. The van der Waals surface area contributed by atoms with Crippen molar-refractivity contribution in [1.82, 2.24) is 0 Å². The smallest absolute Gasteiger partial charge is 0.416 e. The van der Waals surface area contributed by atoms with Crippen molar-refractivity contribution in [2.45, 2.75) is 70.9 Å². The van der Waals surface area contributed by atoms with Crippen LogP contribution in [0.2, 0.25) is 0 Å². The summed E-state index contributed by atoms with van der Waals surface area (Å²) < 4.78 is 73.2. The van der Waals surface area contributed by atoms with E-state index in [0.717, 1.165) is 41.8 Å². The minimum atomic E-state index is -4.49. The fraction of sp³-hybridized carbons (Fsp3) is 0.400. The molecule has 1 nitrogen and oxygen atoms in total. The molecule has 4 rings (SSSR count). The highest BCUT2D eigenvalue weighted by molar-refractivity contribution is 5.70. The van der Waals surface area contributed by atoms with Gasteiger partial charge in [-0.2, -0.15) is 17.6 Å². The van der Waals surface area contributed by atoms with Gasteiger partial charge in [0.05, 0.1) is 5.56 Å². The highest BCUT2D eigenvalue weighted by atomic mass is 19.4. The maximum Gasteiger partial charge on any atom is 0.416 e. The van der Waals surface area contributed by atoms with Crippen molar-refractivity contribution in [3.05, 3.63) is 82.9 Å². The Kier molecular flexibility index (Phi) is 8.01. The molecule has 3 aromatic carbocycles. The third-order valence-electron chi connectivity index (χ3n) is 7.33. The Morgan fingerprint density at radius 2 is 1.53 bits per heavy atom. The van der Waals surface area contributed by atoms with Crippen molar-refractivity contribution in [2.75, 3.05) is 0 Å². The minimum absolute atomic E-state index is 0.00793. The molecule has 6 heteroatoms. The maximum atomic E-state index is 14.6. The molecule has 0 amide bonds. The molecule has 192 valence electrons. The van der Waals surface area contributed by atoms with Gasteiger partial charge in [-0.3, -0.25) is 0 Å². The van der Waals surface area contributed by atoms with E-state index in [1.54, 1.807) is 6.92 Å². The van der Waals surface area contributed by atoms with E-state index in [-0.39, 0.29) is 11.5 Å². The van der Waals surface area contributed by atoms with Crippen LogP contribution in [0.1, 0.15) is 74.5 Å². The molecule has 0 heterocycles.